The normalized spacial score (nSPS) is 12.2. The van der Waals surface area contributed by atoms with Crippen LogP contribution in [0.15, 0.2) is 41.0 Å². The fourth-order valence-corrected chi connectivity index (χ4v) is 2.50. The Morgan fingerprint density at radius 1 is 1.37 bits per heavy atom. The summed E-state index contributed by atoms with van der Waals surface area (Å²) in [7, 11) is 0. The molecule has 0 bridgehead atoms. The fourth-order valence-electron chi connectivity index (χ4n) is 1.98. The van der Waals surface area contributed by atoms with E-state index in [4.69, 9.17) is 11.6 Å². The van der Waals surface area contributed by atoms with Crippen molar-refractivity contribution in [3.63, 3.8) is 0 Å². The maximum Gasteiger partial charge on any atom is 0.132 e. The summed E-state index contributed by atoms with van der Waals surface area (Å²) in [5.41, 5.74) is 3.23. The number of nitrogens with zero attached hydrogens (tertiary/aromatic N) is 1. The van der Waals surface area contributed by atoms with Gasteiger partial charge in [0.25, 0.3) is 0 Å². The van der Waals surface area contributed by atoms with Gasteiger partial charge in [0, 0.05) is 4.47 Å². The van der Waals surface area contributed by atoms with E-state index in [1.54, 1.807) is 6.20 Å². The predicted octanol–water partition coefficient (Wildman–Crippen LogP) is 5.37. The van der Waals surface area contributed by atoms with E-state index in [1.165, 1.54) is 5.56 Å². The number of benzene rings is 1. The van der Waals surface area contributed by atoms with E-state index < -0.39 is 0 Å². The minimum atomic E-state index is 0.264. The van der Waals surface area contributed by atoms with Crippen LogP contribution in [0, 0.1) is 6.92 Å². The summed E-state index contributed by atoms with van der Waals surface area (Å²) in [6.45, 7) is 4.12. The smallest absolute Gasteiger partial charge is 0.132 e. The van der Waals surface area contributed by atoms with Crippen LogP contribution in [0.1, 0.15) is 30.5 Å². The second kappa shape index (κ2) is 6.40. The second-order valence-electron chi connectivity index (χ2n) is 4.49. The average molecular weight is 340 g/mol. The average Bonchev–Trinajstić information content (AvgIpc) is 2.40. The monoisotopic (exact) mass is 338 g/mol. The predicted molar refractivity (Wildman–Crippen MR) is 84.8 cm³/mol. The van der Waals surface area contributed by atoms with Gasteiger partial charge in [-0.25, -0.2) is 4.98 Å². The summed E-state index contributed by atoms with van der Waals surface area (Å²) in [6.07, 6.45) is 2.77. The van der Waals surface area contributed by atoms with Crippen molar-refractivity contribution >= 4 is 33.2 Å². The molecule has 100 valence electrons. The Morgan fingerprint density at radius 2 is 2.16 bits per heavy atom. The highest BCUT2D eigenvalue weighted by molar-refractivity contribution is 9.10. The van der Waals surface area contributed by atoms with Gasteiger partial charge in [0.15, 0.2) is 0 Å². The van der Waals surface area contributed by atoms with E-state index in [9.17, 15) is 0 Å². The number of hydrogen-bond acceptors (Lipinski definition) is 2. The van der Waals surface area contributed by atoms with Gasteiger partial charge in [-0.1, -0.05) is 46.6 Å². The molecule has 2 nitrogen and oxygen atoms in total. The number of aryl methyl sites for hydroxylation is 1. The third-order valence-corrected chi connectivity index (χ3v) is 3.90. The van der Waals surface area contributed by atoms with Crippen LogP contribution in [-0.2, 0) is 0 Å². The minimum Gasteiger partial charge on any atom is -0.377 e. The van der Waals surface area contributed by atoms with E-state index in [2.05, 4.69) is 51.4 Å². The molecule has 0 amide bonds. The first-order valence-corrected chi connectivity index (χ1v) is 7.41. The Labute approximate surface area is 127 Å². The zero-order valence-electron chi connectivity index (χ0n) is 11.0. The molecule has 1 aromatic carbocycles. The number of aromatic nitrogens is 1. The molecule has 1 N–H and O–H groups in total. The van der Waals surface area contributed by atoms with Gasteiger partial charge in [0.05, 0.1) is 17.9 Å². The van der Waals surface area contributed by atoms with Crippen molar-refractivity contribution in [2.24, 2.45) is 0 Å². The zero-order valence-corrected chi connectivity index (χ0v) is 13.3. The summed E-state index contributed by atoms with van der Waals surface area (Å²) in [5.74, 6) is 0. The Morgan fingerprint density at radius 3 is 2.79 bits per heavy atom. The van der Waals surface area contributed by atoms with Crippen molar-refractivity contribution in [1.82, 2.24) is 4.98 Å². The quantitative estimate of drug-likeness (QED) is 0.758. The molecule has 0 aliphatic carbocycles. The molecule has 0 aliphatic rings. The molecule has 1 aromatic heterocycles. The maximum atomic E-state index is 5.94. The third-order valence-electron chi connectivity index (χ3n) is 3.01. The maximum absolute atomic E-state index is 5.94. The van der Waals surface area contributed by atoms with Crippen LogP contribution in [0.4, 0.5) is 5.69 Å². The van der Waals surface area contributed by atoms with Crippen LogP contribution in [0.25, 0.3) is 0 Å². The molecule has 0 radical (unpaired) electrons. The van der Waals surface area contributed by atoms with Gasteiger partial charge in [-0.05, 0) is 42.7 Å². The fraction of sp³-hybridized carbons (Fsp3) is 0.267. The van der Waals surface area contributed by atoms with Crippen molar-refractivity contribution < 1.29 is 0 Å². The van der Waals surface area contributed by atoms with E-state index in [-0.39, 0.29) is 6.04 Å². The number of rotatable bonds is 4. The molecule has 0 saturated carbocycles. The van der Waals surface area contributed by atoms with Crippen molar-refractivity contribution in [3.8, 4) is 0 Å². The highest BCUT2D eigenvalue weighted by Crippen LogP contribution is 2.26. The number of anilines is 1. The Kier molecular flexibility index (Phi) is 4.83. The Bertz CT molecular complexity index is 572. The molecular formula is C15H16BrClN2. The standard InChI is InChI=1S/C15H16BrClN2/c1-3-14(11-5-4-6-12(16)8-11)19-13-7-10(2)15(17)18-9-13/h4-9,14,19H,3H2,1-2H3. The highest BCUT2D eigenvalue weighted by Gasteiger charge is 2.10. The van der Waals surface area contributed by atoms with Gasteiger partial charge in [-0.3, -0.25) is 0 Å². The summed E-state index contributed by atoms with van der Waals surface area (Å²) < 4.78 is 1.09. The largest absolute Gasteiger partial charge is 0.377 e. The van der Waals surface area contributed by atoms with Crippen LogP contribution in [-0.4, -0.2) is 4.98 Å². The van der Waals surface area contributed by atoms with Gasteiger partial charge in [-0.2, -0.15) is 0 Å². The van der Waals surface area contributed by atoms with Gasteiger partial charge < -0.3 is 5.32 Å². The topological polar surface area (TPSA) is 24.9 Å². The number of nitrogens with one attached hydrogen (secondary N) is 1. The molecule has 1 atom stereocenters. The summed E-state index contributed by atoms with van der Waals surface area (Å²) in [5, 5.41) is 4.05. The molecular weight excluding hydrogens is 324 g/mol. The SMILES string of the molecule is CCC(Nc1cnc(Cl)c(C)c1)c1cccc(Br)c1. The molecule has 2 aromatic rings. The van der Waals surface area contributed by atoms with E-state index >= 15 is 0 Å². The second-order valence-corrected chi connectivity index (χ2v) is 5.77. The van der Waals surface area contributed by atoms with E-state index in [0.717, 1.165) is 22.1 Å². The lowest BCUT2D eigenvalue weighted by Crippen LogP contribution is -2.10. The van der Waals surface area contributed by atoms with E-state index in [1.807, 2.05) is 19.1 Å². The van der Waals surface area contributed by atoms with Gasteiger partial charge in [-0.15, -0.1) is 0 Å². The molecule has 0 aliphatic heterocycles. The molecule has 1 heterocycles. The first-order valence-electron chi connectivity index (χ1n) is 6.24. The third kappa shape index (κ3) is 3.71. The van der Waals surface area contributed by atoms with Crippen molar-refractivity contribution in [2.75, 3.05) is 5.32 Å². The molecule has 1 unspecified atom stereocenters. The van der Waals surface area contributed by atoms with Crippen LogP contribution in [0.3, 0.4) is 0 Å². The Balaban J connectivity index is 2.21. The van der Waals surface area contributed by atoms with Gasteiger partial charge in [0.1, 0.15) is 5.15 Å². The first-order chi connectivity index (χ1) is 9.10. The number of halogens is 2. The van der Waals surface area contributed by atoms with Crippen molar-refractivity contribution in [2.45, 2.75) is 26.3 Å². The summed E-state index contributed by atoms with van der Waals surface area (Å²) in [4.78, 5) is 4.17. The van der Waals surface area contributed by atoms with Crippen LogP contribution in [0.2, 0.25) is 5.15 Å². The van der Waals surface area contributed by atoms with Crippen molar-refractivity contribution in [1.29, 1.82) is 0 Å². The van der Waals surface area contributed by atoms with Gasteiger partial charge >= 0.3 is 0 Å². The lowest BCUT2D eigenvalue weighted by molar-refractivity contribution is 0.748. The lowest BCUT2D eigenvalue weighted by atomic mass is 10.0. The van der Waals surface area contributed by atoms with Crippen LogP contribution in [0.5, 0.6) is 0 Å². The number of pyridine rings is 1. The van der Waals surface area contributed by atoms with Gasteiger partial charge in [0.2, 0.25) is 0 Å². The van der Waals surface area contributed by atoms with Crippen LogP contribution >= 0.6 is 27.5 Å². The molecule has 0 saturated heterocycles. The first kappa shape index (κ1) is 14.4. The lowest BCUT2D eigenvalue weighted by Gasteiger charge is -2.19. The molecule has 2 rings (SSSR count). The molecule has 0 fully saturated rings. The molecule has 19 heavy (non-hydrogen) atoms. The van der Waals surface area contributed by atoms with E-state index in [0.29, 0.717) is 5.15 Å². The molecule has 4 heteroatoms. The summed E-state index contributed by atoms with van der Waals surface area (Å²) >= 11 is 9.45. The molecule has 0 spiro atoms. The van der Waals surface area contributed by atoms with Crippen LogP contribution < -0.4 is 5.32 Å². The van der Waals surface area contributed by atoms with Crippen molar-refractivity contribution in [3.05, 3.63) is 57.3 Å². The minimum absolute atomic E-state index is 0.264. The zero-order chi connectivity index (χ0) is 13.8. The highest BCUT2D eigenvalue weighted by atomic mass is 79.9. The summed E-state index contributed by atoms with van der Waals surface area (Å²) in [6, 6.07) is 10.6. The Hall–Kier alpha value is -1.06. The number of hydrogen-bond donors (Lipinski definition) is 1.